The quantitative estimate of drug-likeness (QED) is 0.894. The molecule has 0 amide bonds. The number of nitrogens with one attached hydrogen (secondary N) is 1. The first-order valence-corrected chi connectivity index (χ1v) is 5.96. The average molecular weight is 243 g/mol. The van der Waals surface area contributed by atoms with Gasteiger partial charge in [0.2, 0.25) is 5.95 Å². The Morgan fingerprint density at radius 1 is 1.17 bits per heavy atom. The Kier molecular flexibility index (Phi) is 3.77. The van der Waals surface area contributed by atoms with Crippen molar-refractivity contribution < 1.29 is 4.74 Å². The van der Waals surface area contributed by atoms with E-state index in [1.165, 1.54) is 0 Å². The highest BCUT2D eigenvalue weighted by Gasteiger charge is 2.04. The maximum Gasteiger partial charge on any atom is 0.227 e. The fraction of sp³-hybridized carbons (Fsp3) is 0.286. The first-order valence-electron chi connectivity index (χ1n) is 5.96. The van der Waals surface area contributed by atoms with Crippen molar-refractivity contribution in [2.24, 2.45) is 0 Å². The van der Waals surface area contributed by atoms with Gasteiger partial charge in [-0.1, -0.05) is 0 Å². The molecule has 0 fully saturated rings. The van der Waals surface area contributed by atoms with E-state index in [0.717, 1.165) is 17.0 Å². The number of benzene rings is 1. The van der Waals surface area contributed by atoms with Crippen LogP contribution < -0.4 is 10.1 Å². The van der Waals surface area contributed by atoms with Gasteiger partial charge < -0.3 is 10.1 Å². The summed E-state index contributed by atoms with van der Waals surface area (Å²) in [6.07, 6.45) is 3.59. The Bertz CT molecular complexity index is 512. The second-order valence-corrected chi connectivity index (χ2v) is 4.34. The van der Waals surface area contributed by atoms with Gasteiger partial charge in [-0.15, -0.1) is 0 Å². The third-order valence-electron chi connectivity index (χ3n) is 2.36. The lowest BCUT2D eigenvalue weighted by Crippen LogP contribution is -2.06. The predicted molar refractivity (Wildman–Crippen MR) is 72.3 cm³/mol. The zero-order valence-corrected chi connectivity index (χ0v) is 10.8. The molecule has 1 aromatic carbocycles. The molecule has 0 bridgehead atoms. The van der Waals surface area contributed by atoms with Gasteiger partial charge in [0.05, 0.1) is 6.10 Å². The number of nitrogens with zero attached hydrogens (tertiary/aromatic N) is 2. The van der Waals surface area contributed by atoms with E-state index in [-0.39, 0.29) is 6.10 Å². The lowest BCUT2D eigenvalue weighted by atomic mass is 10.2. The average Bonchev–Trinajstić information content (AvgIpc) is 2.33. The van der Waals surface area contributed by atoms with Crippen molar-refractivity contribution in [3.05, 3.63) is 42.2 Å². The molecule has 4 heteroatoms. The van der Waals surface area contributed by atoms with Crippen molar-refractivity contribution in [1.82, 2.24) is 9.97 Å². The van der Waals surface area contributed by atoms with E-state index in [2.05, 4.69) is 15.3 Å². The molecule has 0 saturated carbocycles. The molecule has 0 unspecified atom stereocenters. The van der Waals surface area contributed by atoms with E-state index in [0.29, 0.717) is 5.95 Å². The van der Waals surface area contributed by atoms with Crippen molar-refractivity contribution in [2.75, 3.05) is 5.32 Å². The first kappa shape index (κ1) is 12.4. The third-order valence-corrected chi connectivity index (χ3v) is 2.36. The molecule has 2 aromatic rings. The number of aryl methyl sites for hydroxylation is 1. The number of hydrogen-bond acceptors (Lipinski definition) is 4. The molecular formula is C14H17N3O. The summed E-state index contributed by atoms with van der Waals surface area (Å²) in [5.41, 5.74) is 2.04. The third kappa shape index (κ3) is 3.20. The van der Waals surface area contributed by atoms with Crippen molar-refractivity contribution in [2.45, 2.75) is 26.9 Å². The molecule has 0 saturated heterocycles. The van der Waals surface area contributed by atoms with Crippen LogP contribution in [-0.2, 0) is 0 Å². The summed E-state index contributed by atoms with van der Waals surface area (Å²) in [6, 6.07) is 7.73. The largest absolute Gasteiger partial charge is 0.491 e. The molecule has 0 aliphatic rings. The minimum absolute atomic E-state index is 0.181. The number of hydrogen-bond donors (Lipinski definition) is 1. The van der Waals surface area contributed by atoms with Crippen LogP contribution in [-0.4, -0.2) is 16.1 Å². The molecule has 1 heterocycles. The first-order chi connectivity index (χ1) is 8.65. The van der Waals surface area contributed by atoms with Crippen LogP contribution in [0.2, 0.25) is 0 Å². The molecule has 1 N–H and O–H groups in total. The summed E-state index contributed by atoms with van der Waals surface area (Å²) in [5.74, 6) is 1.50. The van der Waals surface area contributed by atoms with Crippen LogP contribution in [0, 0.1) is 6.92 Å². The second kappa shape index (κ2) is 5.49. The molecule has 2 rings (SSSR count). The number of rotatable bonds is 4. The van der Waals surface area contributed by atoms with E-state index in [1.54, 1.807) is 18.5 Å². The van der Waals surface area contributed by atoms with E-state index in [1.807, 2.05) is 39.0 Å². The summed E-state index contributed by atoms with van der Waals surface area (Å²) in [4.78, 5) is 8.24. The minimum atomic E-state index is 0.181. The van der Waals surface area contributed by atoms with Gasteiger partial charge in [-0.3, -0.25) is 0 Å². The van der Waals surface area contributed by atoms with Gasteiger partial charge in [-0.2, -0.15) is 0 Å². The fourth-order valence-corrected chi connectivity index (χ4v) is 1.61. The Labute approximate surface area is 107 Å². The molecule has 0 spiro atoms. The van der Waals surface area contributed by atoms with Crippen LogP contribution in [0.1, 0.15) is 19.4 Å². The van der Waals surface area contributed by atoms with Gasteiger partial charge in [0.25, 0.3) is 0 Å². The van der Waals surface area contributed by atoms with Crippen LogP contribution in [0.4, 0.5) is 11.6 Å². The monoisotopic (exact) mass is 243 g/mol. The lowest BCUT2D eigenvalue weighted by molar-refractivity contribution is 0.241. The van der Waals surface area contributed by atoms with Gasteiger partial charge in [0.1, 0.15) is 5.75 Å². The van der Waals surface area contributed by atoms with Crippen molar-refractivity contribution in [3.63, 3.8) is 0 Å². The SMILES string of the molecule is Cc1cc(Nc2ncccn2)ccc1OC(C)C. The highest BCUT2D eigenvalue weighted by Crippen LogP contribution is 2.24. The van der Waals surface area contributed by atoms with Crippen LogP contribution in [0.3, 0.4) is 0 Å². The van der Waals surface area contributed by atoms with E-state index < -0.39 is 0 Å². The minimum Gasteiger partial charge on any atom is -0.491 e. The molecule has 0 aliphatic carbocycles. The zero-order chi connectivity index (χ0) is 13.0. The molecule has 4 nitrogen and oxygen atoms in total. The molecule has 1 aromatic heterocycles. The Morgan fingerprint density at radius 2 is 1.89 bits per heavy atom. The van der Waals surface area contributed by atoms with E-state index in [4.69, 9.17) is 4.74 Å². The topological polar surface area (TPSA) is 47.0 Å². The Morgan fingerprint density at radius 3 is 2.50 bits per heavy atom. The van der Waals surface area contributed by atoms with Gasteiger partial charge in [-0.05, 0) is 50.6 Å². The highest BCUT2D eigenvalue weighted by atomic mass is 16.5. The van der Waals surface area contributed by atoms with E-state index in [9.17, 15) is 0 Å². The maximum absolute atomic E-state index is 5.69. The van der Waals surface area contributed by atoms with Crippen molar-refractivity contribution >= 4 is 11.6 Å². The van der Waals surface area contributed by atoms with Gasteiger partial charge >= 0.3 is 0 Å². The smallest absolute Gasteiger partial charge is 0.227 e. The number of aromatic nitrogens is 2. The fourth-order valence-electron chi connectivity index (χ4n) is 1.61. The highest BCUT2D eigenvalue weighted by molar-refractivity contribution is 5.56. The van der Waals surface area contributed by atoms with E-state index >= 15 is 0 Å². The van der Waals surface area contributed by atoms with Gasteiger partial charge in [0.15, 0.2) is 0 Å². The molecule has 0 aliphatic heterocycles. The summed E-state index contributed by atoms with van der Waals surface area (Å²) in [7, 11) is 0. The molecule has 0 radical (unpaired) electrons. The predicted octanol–water partition coefficient (Wildman–Crippen LogP) is 3.32. The van der Waals surface area contributed by atoms with Crippen molar-refractivity contribution in [3.8, 4) is 5.75 Å². The van der Waals surface area contributed by atoms with Gasteiger partial charge in [-0.25, -0.2) is 9.97 Å². The summed E-state index contributed by atoms with van der Waals surface area (Å²) >= 11 is 0. The maximum atomic E-state index is 5.69. The van der Waals surface area contributed by atoms with Crippen LogP contribution in [0.5, 0.6) is 5.75 Å². The van der Waals surface area contributed by atoms with Crippen molar-refractivity contribution in [1.29, 1.82) is 0 Å². The molecule has 0 atom stereocenters. The Balaban J connectivity index is 2.14. The Hall–Kier alpha value is -2.10. The van der Waals surface area contributed by atoms with Crippen LogP contribution in [0.15, 0.2) is 36.7 Å². The number of ether oxygens (including phenoxy) is 1. The normalized spacial score (nSPS) is 10.4. The van der Waals surface area contributed by atoms with Gasteiger partial charge in [0, 0.05) is 18.1 Å². The van der Waals surface area contributed by atoms with Crippen LogP contribution in [0.25, 0.3) is 0 Å². The standard InChI is InChI=1S/C14H17N3O/c1-10(2)18-13-6-5-12(9-11(13)3)17-14-15-7-4-8-16-14/h4-10H,1-3H3,(H,15,16,17). The molecule has 94 valence electrons. The van der Waals surface area contributed by atoms with Crippen LogP contribution >= 0.6 is 0 Å². The number of anilines is 2. The lowest BCUT2D eigenvalue weighted by Gasteiger charge is -2.13. The molecular weight excluding hydrogens is 226 g/mol. The second-order valence-electron chi connectivity index (χ2n) is 4.34. The summed E-state index contributed by atoms with van der Waals surface area (Å²) in [6.45, 7) is 6.06. The molecule has 18 heavy (non-hydrogen) atoms. The summed E-state index contributed by atoms with van der Waals surface area (Å²) < 4.78 is 5.69. The summed E-state index contributed by atoms with van der Waals surface area (Å²) in [5, 5.41) is 3.15. The zero-order valence-electron chi connectivity index (χ0n) is 10.8.